The van der Waals surface area contributed by atoms with E-state index in [0.29, 0.717) is 16.9 Å². The first-order valence-corrected chi connectivity index (χ1v) is 15.2. The molecule has 0 fully saturated rings. The number of imide groups is 1. The van der Waals surface area contributed by atoms with Crippen molar-refractivity contribution in [3.05, 3.63) is 94.5 Å². The zero-order chi connectivity index (χ0) is 34.3. The summed E-state index contributed by atoms with van der Waals surface area (Å²) >= 11 is 0. The average molecular weight is 669 g/mol. The predicted molar refractivity (Wildman–Crippen MR) is 164 cm³/mol. The molecule has 0 spiro atoms. The minimum Gasteiger partial charge on any atom is -0.424 e. The van der Waals surface area contributed by atoms with Gasteiger partial charge in [-0.1, -0.05) is 11.2 Å². The van der Waals surface area contributed by atoms with E-state index in [0.717, 1.165) is 22.6 Å². The molecule has 0 radical (unpaired) electrons. The Balaban J connectivity index is 1.39. The molecular weight excluding hydrogens is 639 g/mol. The number of rotatable bonds is 11. The summed E-state index contributed by atoms with van der Waals surface area (Å²) in [6.07, 6.45) is 1.59. The number of nitrogens with zero attached hydrogens (tertiary/aromatic N) is 3. The van der Waals surface area contributed by atoms with Crippen LogP contribution in [0.4, 0.5) is 16.3 Å². The van der Waals surface area contributed by atoms with Crippen LogP contribution in [0.3, 0.4) is 0 Å². The van der Waals surface area contributed by atoms with E-state index in [9.17, 15) is 23.7 Å². The molecule has 3 amide bonds. The van der Waals surface area contributed by atoms with Gasteiger partial charge in [0.2, 0.25) is 6.79 Å². The van der Waals surface area contributed by atoms with E-state index in [1.54, 1.807) is 39.0 Å². The third-order valence-corrected chi connectivity index (χ3v) is 6.94. The van der Waals surface area contributed by atoms with E-state index in [4.69, 9.17) is 29.5 Å². The number of nitrogens with one attached hydrogen (secondary N) is 2. The van der Waals surface area contributed by atoms with Gasteiger partial charge in [0.1, 0.15) is 17.8 Å². The first kappa shape index (κ1) is 34.1. The molecule has 18 heteroatoms. The summed E-state index contributed by atoms with van der Waals surface area (Å²) in [4.78, 5) is 76.7. The molecule has 47 heavy (non-hydrogen) atoms. The summed E-state index contributed by atoms with van der Waals surface area (Å²) in [5.74, 6) is -2.00. The quantitative estimate of drug-likeness (QED) is 0.0502. The molecule has 4 aromatic rings. The van der Waals surface area contributed by atoms with Gasteiger partial charge < -0.3 is 34.6 Å². The van der Waals surface area contributed by atoms with Crippen LogP contribution in [0, 0.1) is 13.8 Å². The number of carbonyl (C=O) groups excluding carboxylic acids is 4. The Bertz CT molecular complexity index is 1860. The Kier molecular flexibility index (Phi) is 10.6. The smallest absolute Gasteiger partial charge is 0.424 e. The highest BCUT2D eigenvalue weighted by atomic mass is 31.2. The molecule has 17 nitrogen and oxygen atoms in total. The summed E-state index contributed by atoms with van der Waals surface area (Å²) in [7, 11) is -4.77. The third-order valence-electron chi connectivity index (χ3n) is 6.49. The van der Waals surface area contributed by atoms with Gasteiger partial charge in [-0.3, -0.25) is 19.4 Å². The molecule has 0 saturated heterocycles. The van der Waals surface area contributed by atoms with Crippen molar-refractivity contribution in [2.24, 2.45) is 10.7 Å². The van der Waals surface area contributed by atoms with E-state index in [1.165, 1.54) is 30.7 Å². The van der Waals surface area contributed by atoms with E-state index in [-0.39, 0.29) is 40.6 Å². The highest BCUT2D eigenvalue weighted by molar-refractivity contribution is 7.46. The van der Waals surface area contributed by atoms with E-state index in [1.807, 2.05) is 0 Å². The first-order chi connectivity index (χ1) is 22.3. The molecule has 4 rings (SSSR count). The zero-order valence-corrected chi connectivity index (χ0v) is 26.0. The van der Waals surface area contributed by atoms with Crippen LogP contribution >= 0.6 is 7.82 Å². The number of esters is 1. The summed E-state index contributed by atoms with van der Waals surface area (Å²) in [5, 5.41) is 6.24. The van der Waals surface area contributed by atoms with Gasteiger partial charge in [-0.25, -0.2) is 24.0 Å². The van der Waals surface area contributed by atoms with Crippen molar-refractivity contribution >= 4 is 49.0 Å². The topological polar surface area (TPSA) is 249 Å². The summed E-state index contributed by atoms with van der Waals surface area (Å²) in [6.45, 7) is 4.02. The van der Waals surface area contributed by atoms with E-state index >= 15 is 0 Å². The Morgan fingerprint density at radius 3 is 2.40 bits per heavy atom. The highest BCUT2D eigenvalue weighted by Gasteiger charge is 2.27. The lowest BCUT2D eigenvalue weighted by molar-refractivity contribution is -0.0102. The normalized spacial score (nSPS) is 11.5. The van der Waals surface area contributed by atoms with Gasteiger partial charge in [0, 0.05) is 24.4 Å². The fourth-order valence-corrected chi connectivity index (χ4v) is 4.49. The lowest BCUT2D eigenvalue weighted by Gasteiger charge is -2.18. The number of phosphoric acid groups is 1. The molecule has 0 bridgehead atoms. The second-order valence-corrected chi connectivity index (χ2v) is 10.8. The third kappa shape index (κ3) is 8.70. The number of amidine groups is 1. The van der Waals surface area contributed by atoms with Crippen LogP contribution in [0.2, 0.25) is 0 Å². The maximum Gasteiger partial charge on any atom is 0.524 e. The number of H-pyrrole nitrogens is 1. The number of anilines is 1. The van der Waals surface area contributed by atoms with Crippen LogP contribution in [-0.2, 0) is 14.0 Å². The van der Waals surface area contributed by atoms with Crippen LogP contribution in [0.25, 0.3) is 0 Å². The molecule has 246 valence electrons. The van der Waals surface area contributed by atoms with Crippen LogP contribution in [-0.4, -0.2) is 67.9 Å². The van der Waals surface area contributed by atoms with Crippen LogP contribution in [0.1, 0.15) is 54.8 Å². The molecule has 2 heterocycles. The number of phosphoric ester groups is 1. The van der Waals surface area contributed by atoms with Gasteiger partial charge in [0.15, 0.2) is 5.82 Å². The Morgan fingerprint density at radius 1 is 1.06 bits per heavy atom. The molecule has 6 N–H and O–H groups in total. The van der Waals surface area contributed by atoms with Crippen LogP contribution in [0.5, 0.6) is 5.75 Å². The second kappa shape index (κ2) is 14.6. The van der Waals surface area contributed by atoms with E-state index < -0.39 is 38.5 Å². The molecular formula is C29H29N6O11P. The van der Waals surface area contributed by atoms with Gasteiger partial charge in [0.05, 0.1) is 22.5 Å². The molecule has 0 aliphatic heterocycles. The summed E-state index contributed by atoms with van der Waals surface area (Å²) < 4.78 is 29.9. The SMILES string of the molecule is CCN(C(=O)OCOC(=O)c1ccc(OP(=O)(O)O)cc1)C(=O)c1c[nH]c(C(N)=Nc2cc(C(=O)Nc3ccon3)ccc2C)c1C. The number of aryl methyl sites for hydroxylation is 1. The van der Waals surface area contributed by atoms with Crippen molar-refractivity contribution in [3.63, 3.8) is 0 Å². The minimum absolute atomic E-state index is 0.0116. The van der Waals surface area contributed by atoms with Crippen molar-refractivity contribution in [1.82, 2.24) is 15.0 Å². The second-order valence-electron chi connectivity index (χ2n) is 9.66. The Labute approximate surface area is 266 Å². The molecule has 0 saturated carbocycles. The van der Waals surface area contributed by atoms with Gasteiger partial charge in [-0.2, -0.15) is 0 Å². The number of benzene rings is 2. The molecule has 2 aromatic carbocycles. The molecule has 0 unspecified atom stereocenters. The zero-order valence-electron chi connectivity index (χ0n) is 25.1. The number of carbonyl (C=O) groups is 4. The number of hydrogen-bond donors (Lipinski definition) is 5. The number of ether oxygens (including phenoxy) is 2. The van der Waals surface area contributed by atoms with Gasteiger partial charge in [-0.05, 0) is 68.3 Å². The van der Waals surface area contributed by atoms with Crippen molar-refractivity contribution in [3.8, 4) is 5.75 Å². The largest absolute Gasteiger partial charge is 0.524 e. The summed E-state index contributed by atoms with van der Waals surface area (Å²) in [5.41, 5.74) is 8.46. The molecule has 0 atom stereocenters. The standard InChI is InChI=1S/C29H29N6O11P/c1-4-35(29(39)44-15-43-28(38)18-7-9-20(10-8-18)46-47(40,41)42)27(37)21-14-31-24(17(21)3)25(30)32-22-13-19(6-5-16(22)2)26(36)33-23-11-12-45-34-23/h5-14,31H,4,15H2,1-3H3,(H2,30,32)(H,33,34,36)(H2,40,41,42). The number of aromatic amines is 1. The first-order valence-electron chi connectivity index (χ1n) is 13.6. The molecule has 0 aliphatic carbocycles. The number of aliphatic imine (C=N–C) groups is 1. The predicted octanol–water partition coefficient (Wildman–Crippen LogP) is 3.79. The lowest BCUT2D eigenvalue weighted by Crippen LogP contribution is -2.37. The number of hydrogen-bond acceptors (Lipinski definition) is 11. The lowest BCUT2D eigenvalue weighted by atomic mass is 10.1. The monoisotopic (exact) mass is 668 g/mol. The Hall–Kier alpha value is -5.77. The number of amides is 3. The number of aromatic nitrogens is 2. The number of nitrogens with two attached hydrogens (primary N) is 1. The van der Waals surface area contributed by atoms with Gasteiger partial charge in [-0.15, -0.1) is 0 Å². The maximum atomic E-state index is 13.3. The summed E-state index contributed by atoms with van der Waals surface area (Å²) in [6, 6.07) is 11.0. The molecule has 0 aliphatic rings. The van der Waals surface area contributed by atoms with Crippen LogP contribution in [0.15, 0.2) is 70.5 Å². The fourth-order valence-electron chi connectivity index (χ4n) is 4.09. The van der Waals surface area contributed by atoms with Crippen molar-refractivity contribution in [2.75, 3.05) is 18.7 Å². The van der Waals surface area contributed by atoms with Gasteiger partial charge >= 0.3 is 19.9 Å². The minimum atomic E-state index is -4.77. The van der Waals surface area contributed by atoms with E-state index in [2.05, 4.69) is 25.0 Å². The fraction of sp³-hybridized carbons (Fsp3) is 0.172. The van der Waals surface area contributed by atoms with Crippen molar-refractivity contribution in [1.29, 1.82) is 0 Å². The van der Waals surface area contributed by atoms with Gasteiger partial charge in [0.25, 0.3) is 11.8 Å². The molecule has 2 aromatic heterocycles. The van der Waals surface area contributed by atoms with Crippen molar-refractivity contribution in [2.45, 2.75) is 20.8 Å². The average Bonchev–Trinajstić information content (AvgIpc) is 3.67. The highest BCUT2D eigenvalue weighted by Crippen LogP contribution is 2.37. The van der Waals surface area contributed by atoms with Crippen LogP contribution < -0.4 is 15.6 Å². The van der Waals surface area contributed by atoms with Crippen molar-refractivity contribution < 1.29 is 52.1 Å². The maximum absolute atomic E-state index is 13.3. The Morgan fingerprint density at radius 2 is 1.77 bits per heavy atom.